The lowest BCUT2D eigenvalue weighted by Crippen LogP contribution is -2.31. The Bertz CT molecular complexity index is 514. The Morgan fingerprint density at radius 3 is 2.75 bits per heavy atom. The smallest absolute Gasteiger partial charge is 0.309 e. The Balaban J connectivity index is 2.46. The van der Waals surface area contributed by atoms with Crippen LogP contribution >= 0.6 is 0 Å². The predicted octanol–water partition coefficient (Wildman–Crippen LogP) is 2.08. The Hall–Kier alpha value is -2.04. The van der Waals surface area contributed by atoms with Gasteiger partial charge in [-0.1, -0.05) is 25.1 Å². The molecule has 5 nitrogen and oxygen atoms in total. The number of para-hydroxylation sites is 1. The number of nitrogens with zero attached hydrogens (tertiary/aromatic N) is 1. The number of methoxy groups -OCH3 is 1. The Morgan fingerprint density at radius 1 is 1.45 bits per heavy atom. The van der Waals surface area contributed by atoms with Crippen LogP contribution in [0.1, 0.15) is 31.4 Å². The lowest BCUT2D eigenvalue weighted by atomic mass is 9.93. The van der Waals surface area contributed by atoms with Gasteiger partial charge in [0.2, 0.25) is 5.91 Å². The highest BCUT2D eigenvalue weighted by Gasteiger charge is 2.45. The van der Waals surface area contributed by atoms with Crippen LogP contribution in [0.2, 0.25) is 0 Å². The number of carboxylic acid groups (broad SMARTS) is 1. The third-order valence-corrected chi connectivity index (χ3v) is 3.67. The fraction of sp³-hybridized carbons (Fsp3) is 0.467. The number of hydrogen-bond donors (Lipinski definition) is 1. The van der Waals surface area contributed by atoms with Crippen molar-refractivity contribution >= 4 is 11.9 Å². The van der Waals surface area contributed by atoms with E-state index in [2.05, 4.69) is 0 Å². The zero-order valence-corrected chi connectivity index (χ0v) is 11.7. The molecule has 0 spiro atoms. The van der Waals surface area contributed by atoms with E-state index < -0.39 is 17.9 Å². The molecule has 0 saturated carbocycles. The van der Waals surface area contributed by atoms with Crippen molar-refractivity contribution in [3.05, 3.63) is 29.8 Å². The number of carboxylic acids is 1. The largest absolute Gasteiger partial charge is 0.496 e. The second-order valence-electron chi connectivity index (χ2n) is 4.92. The molecule has 0 bridgehead atoms. The van der Waals surface area contributed by atoms with Gasteiger partial charge in [-0.25, -0.2) is 0 Å². The number of carbonyl (C=O) groups is 2. The lowest BCUT2D eigenvalue weighted by molar-refractivity contribution is -0.142. The molecular formula is C15H19NO4. The minimum absolute atomic E-state index is 0.0536. The fourth-order valence-corrected chi connectivity index (χ4v) is 2.81. The Labute approximate surface area is 118 Å². The maximum absolute atomic E-state index is 12.1. The van der Waals surface area contributed by atoms with E-state index in [0.29, 0.717) is 12.3 Å². The molecule has 2 atom stereocenters. The van der Waals surface area contributed by atoms with Crippen molar-refractivity contribution in [3.8, 4) is 5.75 Å². The van der Waals surface area contributed by atoms with Crippen molar-refractivity contribution in [2.75, 3.05) is 13.7 Å². The van der Waals surface area contributed by atoms with Crippen LogP contribution in [0.4, 0.5) is 0 Å². The topological polar surface area (TPSA) is 66.8 Å². The van der Waals surface area contributed by atoms with E-state index in [4.69, 9.17) is 4.74 Å². The Kier molecular flexibility index (Phi) is 4.27. The van der Waals surface area contributed by atoms with Gasteiger partial charge in [0, 0.05) is 18.5 Å². The van der Waals surface area contributed by atoms with Crippen molar-refractivity contribution in [1.29, 1.82) is 0 Å². The zero-order chi connectivity index (χ0) is 14.7. The van der Waals surface area contributed by atoms with Gasteiger partial charge in [0.25, 0.3) is 0 Å². The molecule has 1 N–H and O–H groups in total. The molecule has 1 heterocycles. The van der Waals surface area contributed by atoms with E-state index in [-0.39, 0.29) is 12.3 Å². The van der Waals surface area contributed by atoms with Crippen molar-refractivity contribution in [1.82, 2.24) is 4.90 Å². The summed E-state index contributed by atoms with van der Waals surface area (Å²) in [6.07, 6.45) is 0.849. The first-order valence-electron chi connectivity index (χ1n) is 6.75. The van der Waals surface area contributed by atoms with Gasteiger partial charge in [0.05, 0.1) is 19.1 Å². The number of aliphatic carboxylic acids is 1. The summed E-state index contributed by atoms with van der Waals surface area (Å²) in [6.45, 7) is 2.53. The summed E-state index contributed by atoms with van der Waals surface area (Å²) in [5, 5.41) is 9.39. The summed E-state index contributed by atoms with van der Waals surface area (Å²) in [4.78, 5) is 25.2. The molecule has 5 heteroatoms. The summed E-state index contributed by atoms with van der Waals surface area (Å²) < 4.78 is 5.32. The van der Waals surface area contributed by atoms with Gasteiger partial charge in [0.1, 0.15) is 5.75 Å². The molecule has 1 aromatic rings. The van der Waals surface area contributed by atoms with E-state index in [9.17, 15) is 14.7 Å². The number of likely N-dealkylation sites (tertiary alicyclic amines) is 1. The lowest BCUT2D eigenvalue weighted by Gasteiger charge is -2.28. The highest BCUT2D eigenvalue weighted by Crippen LogP contribution is 2.41. The SMILES string of the molecule is CCCN1C(=O)CC(C(=O)O)C1c1ccccc1OC. The van der Waals surface area contributed by atoms with Crippen LogP contribution in [-0.4, -0.2) is 35.5 Å². The standard InChI is InChI=1S/C15H19NO4/c1-3-8-16-13(17)9-11(15(18)19)14(16)10-6-4-5-7-12(10)20-2/h4-7,11,14H,3,8-9H2,1-2H3,(H,18,19). The van der Waals surface area contributed by atoms with Gasteiger partial charge in [-0.05, 0) is 12.5 Å². The van der Waals surface area contributed by atoms with Gasteiger partial charge in [-0.2, -0.15) is 0 Å². The molecule has 20 heavy (non-hydrogen) atoms. The normalized spacial score (nSPS) is 22.1. The monoisotopic (exact) mass is 277 g/mol. The first-order chi connectivity index (χ1) is 9.60. The van der Waals surface area contributed by atoms with Crippen LogP contribution in [-0.2, 0) is 9.59 Å². The van der Waals surface area contributed by atoms with Gasteiger partial charge in [-0.3, -0.25) is 9.59 Å². The predicted molar refractivity (Wildman–Crippen MR) is 73.5 cm³/mol. The van der Waals surface area contributed by atoms with Crippen LogP contribution in [0, 0.1) is 5.92 Å². The van der Waals surface area contributed by atoms with Crippen LogP contribution < -0.4 is 4.74 Å². The molecule has 0 aliphatic carbocycles. The highest BCUT2D eigenvalue weighted by atomic mass is 16.5. The molecule has 108 valence electrons. The van der Waals surface area contributed by atoms with E-state index in [1.807, 2.05) is 25.1 Å². The maximum atomic E-state index is 12.1. The number of ether oxygens (including phenoxy) is 1. The average molecular weight is 277 g/mol. The van der Waals surface area contributed by atoms with E-state index >= 15 is 0 Å². The fourth-order valence-electron chi connectivity index (χ4n) is 2.81. The minimum atomic E-state index is -0.937. The zero-order valence-electron chi connectivity index (χ0n) is 11.7. The minimum Gasteiger partial charge on any atom is -0.496 e. The molecule has 1 aliphatic rings. The van der Waals surface area contributed by atoms with Gasteiger partial charge < -0.3 is 14.7 Å². The molecule has 0 aromatic heterocycles. The summed E-state index contributed by atoms with van der Waals surface area (Å²) in [7, 11) is 1.55. The highest BCUT2D eigenvalue weighted by molar-refractivity contribution is 5.87. The third-order valence-electron chi connectivity index (χ3n) is 3.67. The quantitative estimate of drug-likeness (QED) is 0.894. The summed E-state index contributed by atoms with van der Waals surface area (Å²) >= 11 is 0. The van der Waals surface area contributed by atoms with Crippen LogP contribution in [0.25, 0.3) is 0 Å². The number of amides is 1. The molecule has 1 aromatic carbocycles. The second kappa shape index (κ2) is 5.94. The molecule has 1 saturated heterocycles. The summed E-state index contributed by atoms with van der Waals surface area (Å²) in [6, 6.07) is 6.85. The molecule has 2 rings (SSSR count). The van der Waals surface area contributed by atoms with Crippen LogP contribution in [0.5, 0.6) is 5.75 Å². The second-order valence-corrected chi connectivity index (χ2v) is 4.92. The van der Waals surface area contributed by atoms with Gasteiger partial charge in [0.15, 0.2) is 0 Å². The average Bonchev–Trinajstić information content (AvgIpc) is 2.77. The third kappa shape index (κ3) is 2.48. The molecule has 1 aliphatic heterocycles. The number of carbonyl (C=O) groups excluding carboxylic acids is 1. The molecular weight excluding hydrogens is 258 g/mol. The van der Waals surface area contributed by atoms with Crippen molar-refractivity contribution in [3.63, 3.8) is 0 Å². The first kappa shape index (κ1) is 14.4. The number of benzene rings is 1. The Morgan fingerprint density at radius 2 is 2.15 bits per heavy atom. The molecule has 2 unspecified atom stereocenters. The summed E-state index contributed by atoms with van der Waals surface area (Å²) in [5.74, 6) is -1.13. The van der Waals surface area contributed by atoms with Crippen molar-refractivity contribution < 1.29 is 19.4 Å². The molecule has 0 radical (unpaired) electrons. The van der Waals surface area contributed by atoms with Crippen molar-refractivity contribution in [2.45, 2.75) is 25.8 Å². The van der Waals surface area contributed by atoms with E-state index in [1.54, 1.807) is 18.1 Å². The van der Waals surface area contributed by atoms with Crippen molar-refractivity contribution in [2.24, 2.45) is 5.92 Å². The van der Waals surface area contributed by atoms with Gasteiger partial charge in [-0.15, -0.1) is 0 Å². The van der Waals surface area contributed by atoms with E-state index in [1.165, 1.54) is 0 Å². The van der Waals surface area contributed by atoms with Gasteiger partial charge >= 0.3 is 5.97 Å². The van der Waals surface area contributed by atoms with Crippen LogP contribution in [0.3, 0.4) is 0 Å². The number of rotatable bonds is 5. The maximum Gasteiger partial charge on any atom is 0.309 e. The first-order valence-corrected chi connectivity index (χ1v) is 6.75. The summed E-state index contributed by atoms with van der Waals surface area (Å²) in [5.41, 5.74) is 0.765. The van der Waals surface area contributed by atoms with E-state index in [0.717, 1.165) is 12.0 Å². The van der Waals surface area contributed by atoms with Crippen LogP contribution in [0.15, 0.2) is 24.3 Å². The molecule has 1 amide bonds. The number of hydrogen-bond acceptors (Lipinski definition) is 3. The molecule has 1 fully saturated rings.